The predicted molar refractivity (Wildman–Crippen MR) is 102 cm³/mol. The Balaban J connectivity index is 1.95. The Morgan fingerprint density at radius 3 is 2.77 bits per heavy atom. The van der Waals surface area contributed by atoms with Crippen LogP contribution in [-0.4, -0.2) is 50.2 Å². The molecule has 1 amide bonds. The Bertz CT molecular complexity index is 852. The first-order valence-electron chi connectivity index (χ1n) is 8.07. The van der Waals surface area contributed by atoms with Crippen molar-refractivity contribution in [3.8, 4) is 0 Å². The number of hydrogen-bond donors (Lipinski definition) is 0. The van der Waals surface area contributed by atoms with Crippen LogP contribution in [0, 0.1) is 0 Å². The number of fused-ring (bicyclic) bond motifs is 1. The molecular weight excluding hydrogens is 447 g/mol. The summed E-state index contributed by atoms with van der Waals surface area (Å²) in [5.74, 6) is 0.543. The number of nitrogens with zero attached hydrogens (tertiary/aromatic N) is 4. The zero-order valence-electron chi connectivity index (χ0n) is 14.8. The number of rotatable bonds is 1. The molecule has 0 bridgehead atoms. The lowest BCUT2D eigenvalue weighted by Crippen LogP contribution is -2.50. The number of morpholine rings is 1. The fourth-order valence-electron chi connectivity index (χ4n) is 2.74. The van der Waals surface area contributed by atoms with Crippen molar-refractivity contribution in [2.75, 3.05) is 13.2 Å². The molecule has 0 aliphatic carbocycles. The van der Waals surface area contributed by atoms with Gasteiger partial charge in [0.2, 0.25) is 0 Å². The highest BCUT2D eigenvalue weighted by Crippen LogP contribution is 2.33. The van der Waals surface area contributed by atoms with Gasteiger partial charge in [0.25, 0.3) is 0 Å². The summed E-state index contributed by atoms with van der Waals surface area (Å²) in [6.45, 7) is 8.06. The molecule has 26 heavy (non-hydrogen) atoms. The molecule has 3 rings (SSSR count). The van der Waals surface area contributed by atoms with Gasteiger partial charge < -0.3 is 14.4 Å². The van der Waals surface area contributed by atoms with Gasteiger partial charge in [0.15, 0.2) is 5.15 Å². The SMILES string of the molecule is CC1COC(c2nc(Br)c3c(Cl)ncc(Cl)n23)CN1C(=O)OC(C)(C)C. The summed E-state index contributed by atoms with van der Waals surface area (Å²) in [4.78, 5) is 22.7. The Hall–Kier alpha value is -1.09. The van der Waals surface area contributed by atoms with Crippen LogP contribution < -0.4 is 0 Å². The molecule has 10 heteroatoms. The van der Waals surface area contributed by atoms with Crippen molar-refractivity contribution in [3.05, 3.63) is 26.9 Å². The normalized spacial score (nSPS) is 21.3. The molecule has 1 aliphatic heterocycles. The van der Waals surface area contributed by atoms with E-state index >= 15 is 0 Å². The summed E-state index contributed by atoms with van der Waals surface area (Å²) in [6.07, 6.45) is 0.587. The first kappa shape index (κ1) is 19.7. The average Bonchev–Trinajstić information content (AvgIpc) is 2.88. The van der Waals surface area contributed by atoms with Crippen LogP contribution in [0.3, 0.4) is 0 Å². The van der Waals surface area contributed by atoms with E-state index in [0.717, 1.165) is 0 Å². The molecule has 2 unspecified atom stereocenters. The maximum absolute atomic E-state index is 12.5. The van der Waals surface area contributed by atoms with Crippen LogP contribution in [0.4, 0.5) is 4.79 Å². The van der Waals surface area contributed by atoms with E-state index in [2.05, 4.69) is 25.9 Å². The lowest BCUT2D eigenvalue weighted by molar-refractivity contribution is -0.0698. The predicted octanol–water partition coefficient (Wildman–Crippen LogP) is 4.50. The molecule has 2 atom stereocenters. The number of imidazole rings is 1. The quantitative estimate of drug-likeness (QED) is 0.620. The van der Waals surface area contributed by atoms with Crippen LogP contribution in [-0.2, 0) is 9.47 Å². The lowest BCUT2D eigenvalue weighted by atomic mass is 10.2. The highest BCUT2D eigenvalue weighted by molar-refractivity contribution is 9.10. The molecule has 1 saturated heterocycles. The van der Waals surface area contributed by atoms with Crippen LogP contribution in [0.1, 0.15) is 39.6 Å². The van der Waals surface area contributed by atoms with E-state index in [-0.39, 0.29) is 23.8 Å². The second-order valence-corrected chi connectivity index (χ2v) is 8.62. The van der Waals surface area contributed by atoms with Crippen molar-refractivity contribution in [1.29, 1.82) is 0 Å². The smallest absolute Gasteiger partial charge is 0.410 e. The minimum Gasteiger partial charge on any atom is -0.444 e. The Morgan fingerprint density at radius 2 is 2.12 bits per heavy atom. The van der Waals surface area contributed by atoms with Crippen molar-refractivity contribution >= 4 is 50.7 Å². The third-order valence-corrected chi connectivity index (χ3v) is 5.00. The largest absolute Gasteiger partial charge is 0.444 e. The van der Waals surface area contributed by atoms with Crippen molar-refractivity contribution < 1.29 is 14.3 Å². The van der Waals surface area contributed by atoms with Crippen LogP contribution in [0.5, 0.6) is 0 Å². The number of ether oxygens (including phenoxy) is 2. The van der Waals surface area contributed by atoms with Gasteiger partial charge in [-0.15, -0.1) is 0 Å². The molecule has 2 aromatic rings. The first-order valence-corrected chi connectivity index (χ1v) is 9.62. The summed E-state index contributed by atoms with van der Waals surface area (Å²) in [6, 6.07) is -0.114. The minimum absolute atomic E-state index is 0.114. The average molecular weight is 466 g/mol. The number of hydrogen-bond acceptors (Lipinski definition) is 5. The zero-order valence-corrected chi connectivity index (χ0v) is 17.9. The highest BCUT2D eigenvalue weighted by atomic mass is 79.9. The first-order chi connectivity index (χ1) is 12.1. The monoisotopic (exact) mass is 464 g/mol. The van der Waals surface area contributed by atoms with E-state index in [1.165, 1.54) is 6.20 Å². The highest BCUT2D eigenvalue weighted by Gasteiger charge is 2.36. The Morgan fingerprint density at radius 1 is 1.42 bits per heavy atom. The molecule has 1 fully saturated rings. The van der Waals surface area contributed by atoms with Gasteiger partial charge in [-0.1, -0.05) is 23.2 Å². The van der Waals surface area contributed by atoms with Gasteiger partial charge in [0.05, 0.1) is 25.4 Å². The molecule has 0 N–H and O–H groups in total. The second kappa shape index (κ2) is 7.14. The van der Waals surface area contributed by atoms with E-state index < -0.39 is 11.7 Å². The van der Waals surface area contributed by atoms with Crippen molar-refractivity contribution in [3.63, 3.8) is 0 Å². The molecule has 0 aromatic carbocycles. The minimum atomic E-state index is -0.573. The maximum Gasteiger partial charge on any atom is 0.410 e. The van der Waals surface area contributed by atoms with Gasteiger partial charge in [-0.2, -0.15) is 0 Å². The maximum atomic E-state index is 12.5. The van der Waals surface area contributed by atoms with Gasteiger partial charge in [0, 0.05) is 0 Å². The Labute approximate surface area is 169 Å². The van der Waals surface area contributed by atoms with Crippen molar-refractivity contribution in [2.45, 2.75) is 45.4 Å². The van der Waals surface area contributed by atoms with Crippen LogP contribution in [0.2, 0.25) is 10.3 Å². The van der Waals surface area contributed by atoms with Crippen LogP contribution in [0.15, 0.2) is 10.8 Å². The summed E-state index contributed by atoms with van der Waals surface area (Å²) in [5, 5.41) is 0.622. The number of carbonyl (C=O) groups is 1. The molecule has 0 spiro atoms. The Kier molecular flexibility index (Phi) is 5.40. The van der Waals surface area contributed by atoms with E-state index in [1.807, 2.05) is 27.7 Å². The molecular formula is C16H19BrCl2N4O3. The van der Waals surface area contributed by atoms with Gasteiger partial charge >= 0.3 is 6.09 Å². The van der Waals surface area contributed by atoms with E-state index in [1.54, 1.807) is 9.30 Å². The van der Waals surface area contributed by atoms with Crippen molar-refractivity contribution in [2.24, 2.45) is 0 Å². The van der Waals surface area contributed by atoms with Crippen LogP contribution >= 0.6 is 39.1 Å². The molecule has 0 saturated carbocycles. The van der Waals surface area contributed by atoms with Gasteiger partial charge in [-0.25, -0.2) is 14.8 Å². The summed E-state index contributed by atoms with van der Waals surface area (Å²) < 4.78 is 13.6. The second-order valence-electron chi connectivity index (χ2n) is 7.12. The standard InChI is InChI=1S/C16H19BrCl2N4O3/c1-8-7-25-9(6-22(8)15(24)26-16(2,3)4)14-21-12(17)11-13(19)20-5-10(18)23(11)14/h5,8-9H,6-7H2,1-4H3. The third kappa shape index (κ3) is 3.78. The molecule has 142 valence electrons. The fourth-order valence-corrected chi connectivity index (χ4v) is 3.84. The number of amides is 1. The fraction of sp³-hybridized carbons (Fsp3) is 0.562. The summed E-state index contributed by atoms with van der Waals surface area (Å²) >= 11 is 15.9. The molecule has 1 aliphatic rings. The molecule has 2 aromatic heterocycles. The summed E-state index contributed by atoms with van der Waals surface area (Å²) in [7, 11) is 0. The molecule has 0 radical (unpaired) electrons. The lowest BCUT2D eigenvalue weighted by Gasteiger charge is -2.38. The van der Waals surface area contributed by atoms with Gasteiger partial charge in [-0.3, -0.25) is 4.40 Å². The van der Waals surface area contributed by atoms with Crippen LogP contribution in [0.25, 0.3) is 5.52 Å². The number of halogens is 3. The van der Waals surface area contributed by atoms with Gasteiger partial charge in [0.1, 0.15) is 32.8 Å². The summed E-state index contributed by atoms with van der Waals surface area (Å²) in [5.41, 5.74) is -0.0175. The molecule has 7 nitrogen and oxygen atoms in total. The van der Waals surface area contributed by atoms with E-state index in [9.17, 15) is 4.79 Å². The van der Waals surface area contributed by atoms with Gasteiger partial charge in [-0.05, 0) is 43.6 Å². The van der Waals surface area contributed by atoms with E-state index in [4.69, 9.17) is 32.7 Å². The third-order valence-electron chi connectivity index (χ3n) is 3.90. The van der Waals surface area contributed by atoms with Crippen molar-refractivity contribution in [1.82, 2.24) is 19.3 Å². The van der Waals surface area contributed by atoms with E-state index in [0.29, 0.717) is 27.7 Å². The molecule has 3 heterocycles. The zero-order chi connectivity index (χ0) is 19.2. The number of aromatic nitrogens is 3. The topological polar surface area (TPSA) is 69.0 Å². The number of carbonyl (C=O) groups excluding carboxylic acids is 1.